The number of sulfonamides is 1. The minimum absolute atomic E-state index is 0.114. The third-order valence-electron chi connectivity index (χ3n) is 5.06. The second-order valence-corrected chi connectivity index (χ2v) is 8.83. The Morgan fingerprint density at radius 1 is 0.800 bits per heavy atom. The molecule has 0 aliphatic rings. The van der Waals surface area contributed by atoms with Gasteiger partial charge in [0.25, 0.3) is 10.0 Å². The van der Waals surface area contributed by atoms with E-state index in [1.165, 1.54) is 45.7 Å². The Labute approximate surface area is 200 Å². The van der Waals surface area contributed by atoms with Gasteiger partial charge in [0.05, 0.1) is 31.9 Å². The molecule has 0 bridgehead atoms. The van der Waals surface area contributed by atoms with Crippen LogP contribution in [0.4, 0.5) is 14.5 Å². The maximum absolute atomic E-state index is 14.8. The number of ether oxygens (including phenoxy) is 4. The molecule has 3 aromatic carbocycles. The Morgan fingerprint density at radius 2 is 1.54 bits per heavy atom. The van der Waals surface area contributed by atoms with Crippen LogP contribution < -0.4 is 23.7 Å². The zero-order chi connectivity index (χ0) is 25.2. The summed E-state index contributed by atoms with van der Waals surface area (Å²) in [6.07, 6.45) is 1.51. The fraction of sp³-hybridized carbons (Fsp3) is 0.125. The van der Waals surface area contributed by atoms with Gasteiger partial charge in [-0.05, 0) is 48.5 Å². The van der Waals surface area contributed by atoms with E-state index in [2.05, 4.69) is 9.71 Å². The molecule has 0 fully saturated rings. The third-order valence-corrected chi connectivity index (χ3v) is 6.42. The van der Waals surface area contributed by atoms with Crippen molar-refractivity contribution in [3.05, 3.63) is 72.4 Å². The van der Waals surface area contributed by atoms with E-state index in [-0.39, 0.29) is 22.1 Å². The Kier molecular flexibility index (Phi) is 6.61. The van der Waals surface area contributed by atoms with E-state index < -0.39 is 21.7 Å². The van der Waals surface area contributed by atoms with Crippen molar-refractivity contribution in [1.82, 2.24) is 4.98 Å². The van der Waals surface area contributed by atoms with Crippen LogP contribution in [-0.2, 0) is 10.0 Å². The third kappa shape index (κ3) is 4.76. The molecule has 0 aliphatic heterocycles. The summed E-state index contributed by atoms with van der Waals surface area (Å²) in [5.74, 6) is -0.474. The fourth-order valence-corrected chi connectivity index (χ4v) is 4.46. The lowest BCUT2D eigenvalue weighted by molar-refractivity contribution is 0.358. The van der Waals surface area contributed by atoms with E-state index in [1.54, 1.807) is 18.2 Å². The molecular formula is C24H20F2N2O6S. The normalized spacial score (nSPS) is 11.2. The van der Waals surface area contributed by atoms with E-state index in [9.17, 15) is 17.2 Å². The molecular weight excluding hydrogens is 482 g/mol. The number of aromatic nitrogens is 1. The average molecular weight is 502 g/mol. The highest BCUT2D eigenvalue weighted by Crippen LogP contribution is 2.39. The molecule has 4 aromatic rings. The van der Waals surface area contributed by atoms with Crippen LogP contribution >= 0.6 is 0 Å². The van der Waals surface area contributed by atoms with Gasteiger partial charge in [0.1, 0.15) is 17.0 Å². The molecule has 0 aliphatic carbocycles. The van der Waals surface area contributed by atoms with E-state index in [0.29, 0.717) is 28.2 Å². The number of hydrogen-bond acceptors (Lipinski definition) is 7. The van der Waals surface area contributed by atoms with Gasteiger partial charge in [-0.25, -0.2) is 17.2 Å². The molecule has 0 spiro atoms. The molecule has 182 valence electrons. The van der Waals surface area contributed by atoms with Crippen molar-refractivity contribution in [2.24, 2.45) is 0 Å². The van der Waals surface area contributed by atoms with Crippen LogP contribution in [0.25, 0.3) is 10.9 Å². The summed E-state index contributed by atoms with van der Waals surface area (Å²) in [5.41, 5.74) is 0.153. The molecule has 8 nitrogen and oxygen atoms in total. The highest BCUT2D eigenvalue weighted by atomic mass is 32.2. The van der Waals surface area contributed by atoms with Crippen LogP contribution in [-0.4, -0.2) is 34.7 Å². The maximum Gasteiger partial charge on any atom is 0.262 e. The van der Waals surface area contributed by atoms with Crippen LogP contribution in [0.3, 0.4) is 0 Å². The number of methoxy groups -OCH3 is 3. The minimum Gasteiger partial charge on any atom is -0.494 e. The lowest BCUT2D eigenvalue weighted by Gasteiger charge is -2.14. The molecule has 4 rings (SSSR count). The Balaban J connectivity index is 1.61. The first-order valence-electron chi connectivity index (χ1n) is 10.1. The number of nitrogens with one attached hydrogen (secondary N) is 1. The van der Waals surface area contributed by atoms with Crippen LogP contribution in [0.5, 0.6) is 28.7 Å². The van der Waals surface area contributed by atoms with Crippen LogP contribution in [0.2, 0.25) is 0 Å². The summed E-state index contributed by atoms with van der Waals surface area (Å²) in [7, 11) is -0.00693. The molecule has 11 heteroatoms. The predicted octanol–water partition coefficient (Wildman–Crippen LogP) is 5.13. The van der Waals surface area contributed by atoms with Gasteiger partial charge < -0.3 is 18.9 Å². The zero-order valence-corrected chi connectivity index (χ0v) is 19.7. The quantitative estimate of drug-likeness (QED) is 0.357. The Bertz CT molecular complexity index is 1510. The number of pyridine rings is 1. The van der Waals surface area contributed by atoms with Crippen molar-refractivity contribution in [2.45, 2.75) is 4.90 Å². The first-order chi connectivity index (χ1) is 16.8. The van der Waals surface area contributed by atoms with Gasteiger partial charge in [-0.15, -0.1) is 0 Å². The standard InChI is InChI=1S/C24H20F2N2O6S/c1-31-21-8-5-15(13-18(21)26)35(29,30)28-19-7-4-14(12-17(19)25)34-20-10-11-27-23-16(20)6-9-22(32-2)24(23)33-3/h4-13,28H,1-3H3. The van der Waals surface area contributed by atoms with Gasteiger partial charge in [-0.3, -0.25) is 9.71 Å². The van der Waals surface area contributed by atoms with Gasteiger partial charge in [0.2, 0.25) is 0 Å². The molecule has 1 N–H and O–H groups in total. The van der Waals surface area contributed by atoms with Crippen molar-refractivity contribution in [2.75, 3.05) is 26.1 Å². The highest BCUT2D eigenvalue weighted by molar-refractivity contribution is 7.92. The number of halogens is 2. The molecule has 0 radical (unpaired) electrons. The molecule has 1 heterocycles. The van der Waals surface area contributed by atoms with E-state index in [4.69, 9.17) is 18.9 Å². The van der Waals surface area contributed by atoms with Gasteiger partial charge in [-0.1, -0.05) is 0 Å². The van der Waals surface area contributed by atoms with E-state index >= 15 is 0 Å². The molecule has 1 aromatic heterocycles. The number of nitrogens with zero attached hydrogens (tertiary/aromatic N) is 1. The zero-order valence-electron chi connectivity index (χ0n) is 18.8. The molecule has 0 amide bonds. The fourth-order valence-electron chi connectivity index (χ4n) is 3.38. The minimum atomic E-state index is -4.26. The average Bonchev–Trinajstić information content (AvgIpc) is 2.85. The topological polar surface area (TPSA) is 96.0 Å². The largest absolute Gasteiger partial charge is 0.494 e. The summed E-state index contributed by atoms with van der Waals surface area (Å²) in [5, 5.41) is 0.594. The smallest absolute Gasteiger partial charge is 0.262 e. The van der Waals surface area contributed by atoms with Crippen molar-refractivity contribution < 1.29 is 36.1 Å². The molecule has 0 saturated heterocycles. The van der Waals surface area contributed by atoms with Crippen molar-refractivity contribution >= 4 is 26.6 Å². The molecule has 0 saturated carbocycles. The lowest BCUT2D eigenvalue weighted by atomic mass is 10.1. The monoisotopic (exact) mass is 502 g/mol. The number of benzene rings is 3. The number of anilines is 1. The van der Waals surface area contributed by atoms with Crippen LogP contribution in [0.1, 0.15) is 0 Å². The Hall–Kier alpha value is -4.12. The summed E-state index contributed by atoms with van der Waals surface area (Å²) in [4.78, 5) is 3.92. The summed E-state index contributed by atoms with van der Waals surface area (Å²) in [6, 6.07) is 11.7. The summed E-state index contributed by atoms with van der Waals surface area (Å²) < 4.78 is 77.3. The van der Waals surface area contributed by atoms with Gasteiger partial charge in [0.15, 0.2) is 28.9 Å². The SMILES string of the molecule is COc1ccc(S(=O)(=O)Nc2ccc(Oc3ccnc4c(OC)c(OC)ccc34)cc2F)cc1F. The first kappa shape index (κ1) is 24.0. The molecule has 0 atom stereocenters. The van der Waals surface area contributed by atoms with Gasteiger partial charge in [0, 0.05) is 17.6 Å². The summed E-state index contributed by atoms with van der Waals surface area (Å²) >= 11 is 0. The second-order valence-electron chi connectivity index (χ2n) is 7.15. The maximum atomic E-state index is 14.8. The van der Waals surface area contributed by atoms with Crippen LogP contribution in [0.15, 0.2) is 65.7 Å². The predicted molar refractivity (Wildman–Crippen MR) is 125 cm³/mol. The Morgan fingerprint density at radius 3 is 2.20 bits per heavy atom. The van der Waals surface area contributed by atoms with Crippen LogP contribution in [0, 0.1) is 11.6 Å². The van der Waals surface area contributed by atoms with E-state index in [0.717, 1.165) is 18.2 Å². The van der Waals surface area contributed by atoms with E-state index in [1.807, 2.05) is 0 Å². The van der Waals surface area contributed by atoms with Crippen molar-refractivity contribution in [3.8, 4) is 28.7 Å². The van der Waals surface area contributed by atoms with Gasteiger partial charge in [-0.2, -0.15) is 0 Å². The highest BCUT2D eigenvalue weighted by Gasteiger charge is 2.19. The second kappa shape index (κ2) is 9.63. The van der Waals surface area contributed by atoms with Gasteiger partial charge >= 0.3 is 0 Å². The number of hydrogen-bond donors (Lipinski definition) is 1. The summed E-state index contributed by atoms with van der Waals surface area (Å²) in [6.45, 7) is 0. The number of fused-ring (bicyclic) bond motifs is 1. The molecule has 0 unspecified atom stereocenters. The molecule has 35 heavy (non-hydrogen) atoms. The van der Waals surface area contributed by atoms with Crippen molar-refractivity contribution in [1.29, 1.82) is 0 Å². The number of rotatable bonds is 8. The van der Waals surface area contributed by atoms with Crippen molar-refractivity contribution in [3.63, 3.8) is 0 Å². The first-order valence-corrected chi connectivity index (χ1v) is 11.6. The lowest BCUT2D eigenvalue weighted by Crippen LogP contribution is -2.14.